The van der Waals surface area contributed by atoms with Crippen molar-refractivity contribution in [2.45, 2.75) is 13.0 Å². The molecule has 0 fully saturated rings. The summed E-state index contributed by atoms with van der Waals surface area (Å²) in [5.74, 6) is 0.299. The van der Waals surface area contributed by atoms with Gasteiger partial charge in [-0.15, -0.1) is 11.3 Å². The van der Waals surface area contributed by atoms with E-state index >= 15 is 0 Å². The molecule has 0 radical (unpaired) electrons. The first-order chi connectivity index (χ1) is 11.5. The van der Waals surface area contributed by atoms with Crippen molar-refractivity contribution in [1.82, 2.24) is 24.3 Å². The van der Waals surface area contributed by atoms with E-state index in [1.807, 2.05) is 16.0 Å². The molecule has 3 aromatic heterocycles. The quantitative estimate of drug-likeness (QED) is 0.699. The smallest absolute Gasteiger partial charge is 0.275 e. The summed E-state index contributed by atoms with van der Waals surface area (Å²) < 4.78 is 7.10. The van der Waals surface area contributed by atoms with Gasteiger partial charge in [0.25, 0.3) is 11.8 Å². The zero-order valence-corrected chi connectivity index (χ0v) is 14.0. The highest BCUT2D eigenvalue weighted by Crippen LogP contribution is 2.24. The number of fused-ring (bicyclic) bond motifs is 2. The van der Waals surface area contributed by atoms with Gasteiger partial charge in [-0.25, -0.2) is 4.98 Å². The average molecular weight is 345 g/mol. The third-order valence-electron chi connectivity index (χ3n) is 4.04. The first-order valence-corrected chi connectivity index (χ1v) is 8.33. The lowest BCUT2D eigenvalue weighted by molar-refractivity contribution is 0.0718. The van der Waals surface area contributed by atoms with Gasteiger partial charge in [-0.05, 0) is 0 Å². The lowest BCUT2D eigenvalue weighted by Gasteiger charge is -2.25. The largest absolute Gasteiger partial charge is 0.360 e. The van der Waals surface area contributed by atoms with Crippen molar-refractivity contribution < 1.29 is 14.1 Å². The lowest BCUT2D eigenvalue weighted by Crippen LogP contribution is -2.36. The standard InChI is InChI=1S/C15H15N5O3S/c1-18(2)14(22)12-9-7-19(4-3-11(9)23-17-12)13(21)10-8-20-5-6-24-15(20)16-10/h5-6,8H,3-4,7H2,1-2H3. The minimum atomic E-state index is -0.225. The van der Waals surface area contributed by atoms with Gasteiger partial charge in [0.1, 0.15) is 11.5 Å². The molecule has 4 heterocycles. The van der Waals surface area contributed by atoms with E-state index in [4.69, 9.17) is 4.52 Å². The summed E-state index contributed by atoms with van der Waals surface area (Å²) in [6.45, 7) is 0.819. The van der Waals surface area contributed by atoms with Crippen LogP contribution >= 0.6 is 11.3 Å². The van der Waals surface area contributed by atoms with Crippen LogP contribution in [-0.4, -0.2) is 56.8 Å². The number of hydrogen-bond donors (Lipinski definition) is 0. The number of thiazole rings is 1. The fourth-order valence-corrected chi connectivity index (χ4v) is 3.45. The fraction of sp³-hybridized carbons (Fsp3) is 0.333. The lowest BCUT2D eigenvalue weighted by atomic mass is 10.1. The highest BCUT2D eigenvalue weighted by molar-refractivity contribution is 7.15. The maximum atomic E-state index is 12.7. The molecule has 0 atom stereocenters. The molecular weight excluding hydrogens is 330 g/mol. The fourth-order valence-electron chi connectivity index (χ4n) is 2.75. The van der Waals surface area contributed by atoms with Gasteiger partial charge in [-0.1, -0.05) is 5.16 Å². The van der Waals surface area contributed by atoms with Crippen LogP contribution in [-0.2, 0) is 13.0 Å². The molecule has 1 aliphatic rings. The Morgan fingerprint density at radius 3 is 2.96 bits per heavy atom. The number of carbonyl (C=O) groups excluding carboxylic acids is 2. The van der Waals surface area contributed by atoms with Crippen LogP contribution in [0.4, 0.5) is 0 Å². The van der Waals surface area contributed by atoms with Crippen LogP contribution in [0.15, 0.2) is 22.3 Å². The van der Waals surface area contributed by atoms with Gasteiger partial charge < -0.3 is 14.3 Å². The predicted molar refractivity (Wildman–Crippen MR) is 86.0 cm³/mol. The van der Waals surface area contributed by atoms with Crippen molar-refractivity contribution in [3.8, 4) is 0 Å². The van der Waals surface area contributed by atoms with Crippen molar-refractivity contribution in [1.29, 1.82) is 0 Å². The third-order valence-corrected chi connectivity index (χ3v) is 4.81. The average Bonchev–Trinajstić information content (AvgIpc) is 3.26. The summed E-state index contributed by atoms with van der Waals surface area (Å²) in [4.78, 5) is 33.2. The Morgan fingerprint density at radius 1 is 1.38 bits per heavy atom. The zero-order valence-electron chi connectivity index (χ0n) is 13.2. The minimum Gasteiger partial charge on any atom is -0.360 e. The van der Waals surface area contributed by atoms with E-state index in [2.05, 4.69) is 10.1 Å². The van der Waals surface area contributed by atoms with Crippen LogP contribution in [0.5, 0.6) is 0 Å². The van der Waals surface area contributed by atoms with E-state index in [9.17, 15) is 9.59 Å². The molecule has 0 saturated carbocycles. The number of imidazole rings is 1. The molecule has 0 saturated heterocycles. The van der Waals surface area contributed by atoms with Crippen LogP contribution in [0, 0.1) is 0 Å². The Hall–Kier alpha value is -2.68. The molecule has 24 heavy (non-hydrogen) atoms. The van der Waals surface area contributed by atoms with E-state index in [0.717, 1.165) is 4.96 Å². The molecule has 3 aromatic rings. The molecule has 2 amide bonds. The van der Waals surface area contributed by atoms with E-state index < -0.39 is 0 Å². The second-order valence-electron chi connectivity index (χ2n) is 5.83. The SMILES string of the molecule is CN(C)C(=O)c1noc2c1CN(C(=O)c1cn3ccsc3n1)CC2. The Kier molecular flexibility index (Phi) is 3.38. The van der Waals surface area contributed by atoms with Gasteiger partial charge in [-0.3, -0.25) is 14.0 Å². The molecule has 1 aliphatic heterocycles. The summed E-state index contributed by atoms with van der Waals surface area (Å²) >= 11 is 1.48. The second-order valence-corrected chi connectivity index (χ2v) is 6.70. The Morgan fingerprint density at radius 2 is 2.21 bits per heavy atom. The Balaban J connectivity index is 1.61. The van der Waals surface area contributed by atoms with Crippen molar-refractivity contribution in [2.24, 2.45) is 0 Å². The minimum absolute atomic E-state index is 0.152. The maximum Gasteiger partial charge on any atom is 0.275 e. The van der Waals surface area contributed by atoms with Crippen LogP contribution in [0.1, 0.15) is 32.3 Å². The summed E-state index contributed by atoms with van der Waals surface area (Å²) in [6.07, 6.45) is 4.13. The van der Waals surface area contributed by atoms with Crippen molar-refractivity contribution in [3.05, 3.63) is 40.5 Å². The molecule has 9 heteroatoms. The number of nitrogens with zero attached hydrogens (tertiary/aromatic N) is 5. The number of carbonyl (C=O) groups is 2. The van der Waals surface area contributed by atoms with Crippen LogP contribution in [0.2, 0.25) is 0 Å². The van der Waals surface area contributed by atoms with Crippen molar-refractivity contribution in [3.63, 3.8) is 0 Å². The number of amides is 2. The van der Waals surface area contributed by atoms with Gasteiger partial charge in [-0.2, -0.15) is 0 Å². The molecule has 0 bridgehead atoms. The molecule has 124 valence electrons. The molecule has 0 spiro atoms. The normalized spacial score (nSPS) is 14.0. The summed E-state index contributed by atoms with van der Waals surface area (Å²) in [5.41, 5.74) is 1.37. The van der Waals surface area contributed by atoms with Gasteiger partial charge in [0.05, 0.1) is 6.54 Å². The molecule has 0 N–H and O–H groups in total. The van der Waals surface area contributed by atoms with Crippen molar-refractivity contribution in [2.75, 3.05) is 20.6 Å². The number of hydrogen-bond acceptors (Lipinski definition) is 6. The van der Waals surface area contributed by atoms with Gasteiger partial charge in [0, 0.05) is 50.4 Å². The molecule has 0 aliphatic carbocycles. The summed E-state index contributed by atoms with van der Waals surface area (Å²) in [5, 5.41) is 5.81. The second kappa shape index (κ2) is 5.45. The molecule has 8 nitrogen and oxygen atoms in total. The Bertz CT molecular complexity index is 910. The first-order valence-electron chi connectivity index (χ1n) is 7.45. The third kappa shape index (κ3) is 2.28. The summed E-state index contributed by atoms with van der Waals surface area (Å²) in [6, 6.07) is 0. The van der Waals surface area contributed by atoms with Gasteiger partial charge in [0.15, 0.2) is 10.7 Å². The van der Waals surface area contributed by atoms with Crippen LogP contribution < -0.4 is 0 Å². The van der Waals surface area contributed by atoms with E-state index in [1.54, 1.807) is 25.2 Å². The first kappa shape index (κ1) is 14.9. The van der Waals surface area contributed by atoms with E-state index in [1.165, 1.54) is 16.2 Å². The molecular formula is C15H15N5O3S. The molecule has 0 aromatic carbocycles. The summed E-state index contributed by atoms with van der Waals surface area (Å²) in [7, 11) is 3.32. The van der Waals surface area contributed by atoms with Gasteiger partial charge >= 0.3 is 0 Å². The number of rotatable bonds is 2. The van der Waals surface area contributed by atoms with Crippen LogP contribution in [0.25, 0.3) is 4.96 Å². The van der Waals surface area contributed by atoms with Crippen molar-refractivity contribution >= 4 is 28.1 Å². The Labute approximate surface area is 141 Å². The molecule has 0 unspecified atom stereocenters. The van der Waals surface area contributed by atoms with Gasteiger partial charge in [0.2, 0.25) is 0 Å². The number of aromatic nitrogens is 3. The van der Waals surface area contributed by atoms with E-state index in [-0.39, 0.29) is 17.5 Å². The molecule has 4 rings (SSSR count). The highest BCUT2D eigenvalue weighted by atomic mass is 32.1. The maximum absolute atomic E-state index is 12.7. The topological polar surface area (TPSA) is 84.0 Å². The predicted octanol–water partition coefficient (Wildman–Crippen LogP) is 1.28. The highest BCUT2D eigenvalue weighted by Gasteiger charge is 2.31. The zero-order chi connectivity index (χ0) is 16.8. The monoisotopic (exact) mass is 345 g/mol. The van der Waals surface area contributed by atoms with E-state index in [0.29, 0.717) is 36.5 Å². The van der Waals surface area contributed by atoms with Crippen LogP contribution in [0.3, 0.4) is 0 Å².